The van der Waals surface area contributed by atoms with Crippen molar-refractivity contribution in [3.63, 3.8) is 0 Å². The van der Waals surface area contributed by atoms with Crippen molar-refractivity contribution in [1.29, 1.82) is 0 Å². The van der Waals surface area contributed by atoms with Crippen LogP contribution < -0.4 is 0 Å². The fourth-order valence-electron chi connectivity index (χ4n) is 1.61. The second kappa shape index (κ2) is 4.14. The molecule has 0 bridgehead atoms. The van der Waals surface area contributed by atoms with E-state index in [0.717, 1.165) is 0 Å². The van der Waals surface area contributed by atoms with Gasteiger partial charge >= 0.3 is 0 Å². The highest BCUT2D eigenvalue weighted by molar-refractivity contribution is 6.28. The first-order valence-corrected chi connectivity index (χ1v) is 5.20. The van der Waals surface area contributed by atoms with Crippen molar-refractivity contribution < 1.29 is 19.0 Å². The van der Waals surface area contributed by atoms with Gasteiger partial charge in [0.2, 0.25) is 5.79 Å². The van der Waals surface area contributed by atoms with Gasteiger partial charge in [-0.1, -0.05) is 0 Å². The number of aliphatic hydroxyl groups excluding tert-OH is 1. The Kier molecular flexibility index (Phi) is 3.02. The Balaban J connectivity index is 2.09. The first-order valence-electron chi connectivity index (χ1n) is 4.82. The summed E-state index contributed by atoms with van der Waals surface area (Å²) in [5.74, 6) is -0.333. The van der Waals surface area contributed by atoms with Crippen molar-refractivity contribution >= 4 is 11.6 Å². The van der Waals surface area contributed by atoms with Gasteiger partial charge in [-0.05, 0) is 37.1 Å². The largest absolute Gasteiger partial charge is 0.444 e. The van der Waals surface area contributed by atoms with Crippen molar-refractivity contribution in [2.75, 3.05) is 13.2 Å². The highest BCUT2D eigenvalue weighted by Crippen LogP contribution is 2.36. The van der Waals surface area contributed by atoms with Crippen molar-refractivity contribution in [3.05, 3.63) is 23.1 Å². The average Bonchev–Trinajstić information content (AvgIpc) is 2.75. The third-order valence-electron chi connectivity index (χ3n) is 2.41. The second-order valence-electron chi connectivity index (χ2n) is 3.61. The zero-order chi connectivity index (χ0) is 10.9. The van der Waals surface area contributed by atoms with E-state index in [1.54, 1.807) is 19.1 Å². The molecule has 5 heteroatoms. The van der Waals surface area contributed by atoms with E-state index in [1.807, 2.05) is 0 Å². The van der Waals surface area contributed by atoms with Crippen molar-refractivity contribution in [1.82, 2.24) is 0 Å². The van der Waals surface area contributed by atoms with Crippen LogP contribution in [-0.2, 0) is 15.3 Å². The summed E-state index contributed by atoms with van der Waals surface area (Å²) in [6.45, 7) is 2.32. The normalized spacial score (nSPS) is 31.0. The monoisotopic (exact) mass is 232 g/mol. The Morgan fingerprint density at radius 1 is 1.60 bits per heavy atom. The molecule has 0 saturated carbocycles. The van der Waals surface area contributed by atoms with Crippen LogP contribution in [-0.4, -0.2) is 24.4 Å². The summed E-state index contributed by atoms with van der Waals surface area (Å²) in [5.41, 5.74) is 0. The Hall–Kier alpha value is -0.550. The number of hydrogen-bond acceptors (Lipinski definition) is 4. The Bertz CT molecular complexity index is 338. The number of ether oxygens (including phenoxy) is 2. The van der Waals surface area contributed by atoms with E-state index in [0.29, 0.717) is 24.0 Å². The molecular weight excluding hydrogens is 220 g/mol. The molecule has 2 heterocycles. The minimum atomic E-state index is -0.882. The first-order chi connectivity index (χ1) is 7.14. The van der Waals surface area contributed by atoms with Gasteiger partial charge in [0.05, 0.1) is 12.7 Å². The summed E-state index contributed by atoms with van der Waals surface area (Å²) in [5, 5.41) is 9.10. The van der Waals surface area contributed by atoms with E-state index in [4.69, 9.17) is 30.6 Å². The number of furan rings is 1. The molecule has 1 aliphatic heterocycles. The zero-order valence-electron chi connectivity index (χ0n) is 8.40. The summed E-state index contributed by atoms with van der Waals surface area (Å²) >= 11 is 5.68. The van der Waals surface area contributed by atoms with Gasteiger partial charge in [-0.15, -0.1) is 0 Å². The Morgan fingerprint density at radius 3 is 3.00 bits per heavy atom. The van der Waals surface area contributed by atoms with Crippen molar-refractivity contribution in [2.45, 2.75) is 25.2 Å². The molecule has 84 valence electrons. The molecule has 1 aliphatic rings. The summed E-state index contributed by atoms with van der Waals surface area (Å²) in [6, 6.07) is 3.37. The molecule has 0 amide bonds. The van der Waals surface area contributed by atoms with E-state index in [9.17, 15) is 0 Å². The van der Waals surface area contributed by atoms with Crippen LogP contribution in [0.25, 0.3) is 0 Å². The van der Waals surface area contributed by atoms with Crippen LogP contribution in [0.2, 0.25) is 5.22 Å². The Labute approximate surface area is 92.7 Å². The maximum Gasteiger partial charge on any atom is 0.225 e. The third-order valence-corrected chi connectivity index (χ3v) is 2.61. The fraction of sp³-hybridized carbons (Fsp3) is 0.600. The molecule has 0 spiro atoms. The predicted octanol–water partition coefficient (Wildman–Crippen LogP) is 1.90. The lowest BCUT2D eigenvalue weighted by Crippen LogP contribution is -2.23. The summed E-state index contributed by atoms with van der Waals surface area (Å²) in [4.78, 5) is 0. The first kappa shape index (κ1) is 11.0. The van der Waals surface area contributed by atoms with Gasteiger partial charge in [0.15, 0.2) is 11.0 Å². The van der Waals surface area contributed by atoms with Crippen LogP contribution >= 0.6 is 11.6 Å². The molecule has 0 radical (unpaired) electrons. The molecule has 1 fully saturated rings. The maximum absolute atomic E-state index is 8.79. The highest BCUT2D eigenvalue weighted by Gasteiger charge is 2.41. The van der Waals surface area contributed by atoms with Gasteiger partial charge in [0, 0.05) is 6.61 Å². The average molecular weight is 233 g/mol. The Morgan fingerprint density at radius 2 is 2.40 bits per heavy atom. The van der Waals surface area contributed by atoms with Crippen LogP contribution in [0.1, 0.15) is 19.1 Å². The molecular formula is C10H13ClO4. The molecule has 1 aromatic heterocycles. The number of halogens is 1. The molecule has 2 atom stereocenters. The van der Waals surface area contributed by atoms with Crippen LogP contribution in [0.3, 0.4) is 0 Å². The molecule has 0 aromatic carbocycles. The SMILES string of the molecule is CC1(c2ccc(Cl)o2)OCC(CCO)O1. The van der Waals surface area contributed by atoms with E-state index >= 15 is 0 Å². The van der Waals surface area contributed by atoms with Crippen LogP contribution in [0, 0.1) is 0 Å². The van der Waals surface area contributed by atoms with Crippen molar-refractivity contribution in [2.24, 2.45) is 0 Å². The topological polar surface area (TPSA) is 51.8 Å². The van der Waals surface area contributed by atoms with Crippen LogP contribution in [0.5, 0.6) is 0 Å². The van der Waals surface area contributed by atoms with Gasteiger partial charge in [-0.2, -0.15) is 0 Å². The summed E-state index contributed by atoms with van der Waals surface area (Å²) in [6.07, 6.45) is 0.466. The molecule has 4 nitrogen and oxygen atoms in total. The molecule has 1 aromatic rings. The zero-order valence-corrected chi connectivity index (χ0v) is 9.16. The van der Waals surface area contributed by atoms with Gasteiger partial charge in [0.25, 0.3) is 0 Å². The number of hydrogen-bond donors (Lipinski definition) is 1. The summed E-state index contributed by atoms with van der Waals surface area (Å²) in [7, 11) is 0. The molecule has 1 saturated heterocycles. The van der Waals surface area contributed by atoms with E-state index in [2.05, 4.69) is 0 Å². The molecule has 2 rings (SSSR count). The van der Waals surface area contributed by atoms with Crippen LogP contribution in [0.15, 0.2) is 16.5 Å². The van der Waals surface area contributed by atoms with Gasteiger partial charge in [-0.25, -0.2) is 0 Å². The van der Waals surface area contributed by atoms with E-state index in [1.165, 1.54) is 0 Å². The van der Waals surface area contributed by atoms with Crippen molar-refractivity contribution in [3.8, 4) is 0 Å². The number of aliphatic hydroxyl groups is 1. The van der Waals surface area contributed by atoms with E-state index < -0.39 is 5.79 Å². The quantitative estimate of drug-likeness (QED) is 0.865. The lowest BCUT2D eigenvalue weighted by atomic mass is 10.2. The molecule has 0 aliphatic carbocycles. The third kappa shape index (κ3) is 2.18. The maximum atomic E-state index is 8.79. The van der Waals surface area contributed by atoms with E-state index in [-0.39, 0.29) is 12.7 Å². The highest BCUT2D eigenvalue weighted by atomic mass is 35.5. The minimum absolute atomic E-state index is 0.0863. The molecule has 2 unspecified atom stereocenters. The standard InChI is InChI=1S/C10H13ClO4/c1-10(8-2-3-9(11)14-8)13-6-7(15-10)4-5-12/h2-3,7,12H,4-6H2,1H3. The lowest BCUT2D eigenvalue weighted by Gasteiger charge is -2.20. The minimum Gasteiger partial charge on any atom is -0.444 e. The van der Waals surface area contributed by atoms with Crippen LogP contribution in [0.4, 0.5) is 0 Å². The second-order valence-corrected chi connectivity index (χ2v) is 3.99. The smallest absolute Gasteiger partial charge is 0.225 e. The summed E-state index contributed by atoms with van der Waals surface area (Å²) < 4.78 is 16.4. The predicted molar refractivity (Wildman–Crippen MR) is 53.6 cm³/mol. The van der Waals surface area contributed by atoms with Gasteiger partial charge in [-0.3, -0.25) is 0 Å². The van der Waals surface area contributed by atoms with Gasteiger partial charge < -0.3 is 19.0 Å². The van der Waals surface area contributed by atoms with Gasteiger partial charge in [0.1, 0.15) is 0 Å². The fourth-order valence-corrected chi connectivity index (χ4v) is 1.76. The number of rotatable bonds is 3. The lowest BCUT2D eigenvalue weighted by molar-refractivity contribution is -0.175. The molecule has 1 N–H and O–H groups in total. The molecule has 15 heavy (non-hydrogen) atoms.